The fraction of sp³-hybridized carbons (Fsp3) is 1.00. The Labute approximate surface area is 75.1 Å². The van der Waals surface area contributed by atoms with E-state index in [9.17, 15) is 0 Å². The third-order valence-corrected chi connectivity index (χ3v) is 2.88. The number of hydrogen-bond acceptors (Lipinski definition) is 2. The lowest BCUT2D eigenvalue weighted by Crippen LogP contribution is -2.23. The summed E-state index contributed by atoms with van der Waals surface area (Å²) in [5.74, 6) is 2.53. The SMILES string of the molecule is CCSCCCC(C)(C)CN. The van der Waals surface area contributed by atoms with E-state index in [0.717, 1.165) is 6.54 Å². The fourth-order valence-electron chi connectivity index (χ4n) is 0.899. The molecule has 0 heterocycles. The number of hydrogen-bond donors (Lipinski definition) is 1. The molecular weight excluding hydrogens is 154 g/mol. The van der Waals surface area contributed by atoms with E-state index in [1.165, 1.54) is 24.3 Å². The van der Waals surface area contributed by atoms with Crippen molar-refractivity contribution in [1.29, 1.82) is 0 Å². The molecule has 0 spiro atoms. The second kappa shape index (κ2) is 5.90. The molecule has 0 aromatic heterocycles. The van der Waals surface area contributed by atoms with Gasteiger partial charge in [-0.25, -0.2) is 0 Å². The highest BCUT2D eigenvalue weighted by Gasteiger charge is 2.13. The van der Waals surface area contributed by atoms with Crippen LogP contribution in [0.5, 0.6) is 0 Å². The van der Waals surface area contributed by atoms with Gasteiger partial charge in [0.1, 0.15) is 0 Å². The predicted molar refractivity (Wildman–Crippen MR) is 55.1 cm³/mol. The minimum atomic E-state index is 0.355. The van der Waals surface area contributed by atoms with Gasteiger partial charge in [-0.2, -0.15) is 11.8 Å². The van der Waals surface area contributed by atoms with Crippen LogP contribution in [0.25, 0.3) is 0 Å². The first-order chi connectivity index (χ1) is 5.12. The van der Waals surface area contributed by atoms with Gasteiger partial charge < -0.3 is 5.73 Å². The lowest BCUT2D eigenvalue weighted by molar-refractivity contribution is 0.345. The molecule has 0 bridgehead atoms. The zero-order chi connectivity index (χ0) is 8.74. The number of thioether (sulfide) groups is 1. The molecule has 0 aliphatic heterocycles. The van der Waals surface area contributed by atoms with Gasteiger partial charge in [0.25, 0.3) is 0 Å². The van der Waals surface area contributed by atoms with Crippen LogP contribution in [0.4, 0.5) is 0 Å². The molecule has 0 saturated carbocycles. The van der Waals surface area contributed by atoms with Crippen LogP contribution in [0, 0.1) is 5.41 Å². The van der Waals surface area contributed by atoms with Gasteiger partial charge in [-0.3, -0.25) is 0 Å². The lowest BCUT2D eigenvalue weighted by atomic mass is 9.88. The molecule has 0 atom stereocenters. The minimum Gasteiger partial charge on any atom is -0.330 e. The molecule has 0 aromatic carbocycles. The molecule has 68 valence electrons. The molecule has 0 rings (SSSR count). The van der Waals surface area contributed by atoms with Gasteiger partial charge in [-0.1, -0.05) is 20.8 Å². The average Bonchev–Trinajstić information content (AvgIpc) is 1.99. The van der Waals surface area contributed by atoms with E-state index < -0.39 is 0 Å². The fourth-order valence-corrected chi connectivity index (χ4v) is 1.54. The second-order valence-electron chi connectivity index (χ2n) is 3.67. The van der Waals surface area contributed by atoms with Crippen LogP contribution in [0.3, 0.4) is 0 Å². The molecule has 0 saturated heterocycles. The van der Waals surface area contributed by atoms with E-state index in [-0.39, 0.29) is 0 Å². The van der Waals surface area contributed by atoms with Crippen LogP contribution in [0.1, 0.15) is 33.6 Å². The van der Waals surface area contributed by atoms with Crippen molar-refractivity contribution in [3.05, 3.63) is 0 Å². The van der Waals surface area contributed by atoms with Crippen LogP contribution in [0.15, 0.2) is 0 Å². The van der Waals surface area contributed by atoms with E-state index >= 15 is 0 Å². The Morgan fingerprint density at radius 3 is 2.45 bits per heavy atom. The standard InChI is InChI=1S/C9H21NS/c1-4-11-7-5-6-9(2,3)8-10/h4-8,10H2,1-3H3. The first-order valence-electron chi connectivity index (χ1n) is 4.40. The van der Waals surface area contributed by atoms with Crippen LogP contribution >= 0.6 is 11.8 Å². The third-order valence-electron chi connectivity index (χ3n) is 1.90. The topological polar surface area (TPSA) is 26.0 Å². The maximum absolute atomic E-state index is 5.61. The molecule has 0 aromatic rings. The van der Waals surface area contributed by atoms with Crippen LogP contribution in [0.2, 0.25) is 0 Å². The van der Waals surface area contributed by atoms with E-state index in [1.54, 1.807) is 0 Å². The summed E-state index contributed by atoms with van der Waals surface area (Å²) >= 11 is 2.02. The molecule has 0 fully saturated rings. The zero-order valence-electron chi connectivity index (χ0n) is 8.02. The molecule has 0 radical (unpaired) electrons. The quantitative estimate of drug-likeness (QED) is 0.628. The van der Waals surface area contributed by atoms with Crippen molar-refractivity contribution >= 4 is 11.8 Å². The van der Waals surface area contributed by atoms with Gasteiger partial charge in [0.15, 0.2) is 0 Å². The van der Waals surface area contributed by atoms with Crippen LogP contribution < -0.4 is 5.73 Å². The molecule has 11 heavy (non-hydrogen) atoms. The summed E-state index contributed by atoms with van der Waals surface area (Å²) in [5.41, 5.74) is 5.97. The average molecular weight is 175 g/mol. The normalized spacial score (nSPS) is 12.0. The highest BCUT2D eigenvalue weighted by atomic mass is 32.2. The Hall–Kier alpha value is 0.310. The van der Waals surface area contributed by atoms with Crippen molar-refractivity contribution in [3.63, 3.8) is 0 Å². The summed E-state index contributed by atoms with van der Waals surface area (Å²) in [7, 11) is 0. The summed E-state index contributed by atoms with van der Waals surface area (Å²) in [6, 6.07) is 0. The molecule has 0 amide bonds. The smallest absolute Gasteiger partial charge is 0.00258 e. The van der Waals surface area contributed by atoms with Crippen molar-refractivity contribution in [2.45, 2.75) is 33.6 Å². The summed E-state index contributed by atoms with van der Waals surface area (Å²) < 4.78 is 0. The second-order valence-corrected chi connectivity index (χ2v) is 5.06. The van der Waals surface area contributed by atoms with Crippen molar-refractivity contribution in [2.75, 3.05) is 18.1 Å². The molecule has 2 heteroatoms. The highest BCUT2D eigenvalue weighted by Crippen LogP contribution is 2.21. The first kappa shape index (κ1) is 11.3. The largest absolute Gasteiger partial charge is 0.330 e. The van der Waals surface area contributed by atoms with Crippen molar-refractivity contribution in [2.24, 2.45) is 11.1 Å². The van der Waals surface area contributed by atoms with Gasteiger partial charge in [-0.15, -0.1) is 0 Å². The molecular formula is C9H21NS. The van der Waals surface area contributed by atoms with Gasteiger partial charge >= 0.3 is 0 Å². The van der Waals surface area contributed by atoms with Crippen molar-refractivity contribution in [3.8, 4) is 0 Å². The highest BCUT2D eigenvalue weighted by molar-refractivity contribution is 7.99. The molecule has 0 aliphatic rings. The van der Waals surface area contributed by atoms with E-state index in [1.807, 2.05) is 11.8 Å². The maximum atomic E-state index is 5.61. The maximum Gasteiger partial charge on any atom is -0.00258 e. The van der Waals surface area contributed by atoms with Crippen molar-refractivity contribution in [1.82, 2.24) is 0 Å². The van der Waals surface area contributed by atoms with E-state index in [2.05, 4.69) is 20.8 Å². The summed E-state index contributed by atoms with van der Waals surface area (Å²) in [6.07, 6.45) is 2.57. The minimum absolute atomic E-state index is 0.355. The van der Waals surface area contributed by atoms with Gasteiger partial charge in [0, 0.05) is 0 Å². The molecule has 0 aliphatic carbocycles. The Kier molecular flexibility index (Phi) is 6.06. The van der Waals surface area contributed by atoms with Gasteiger partial charge in [0.2, 0.25) is 0 Å². The zero-order valence-corrected chi connectivity index (χ0v) is 8.84. The Bertz CT molecular complexity index is 91.6. The number of rotatable bonds is 6. The first-order valence-corrected chi connectivity index (χ1v) is 5.55. The summed E-state index contributed by atoms with van der Waals surface area (Å²) in [4.78, 5) is 0. The molecule has 0 unspecified atom stereocenters. The Morgan fingerprint density at radius 1 is 1.36 bits per heavy atom. The van der Waals surface area contributed by atoms with Gasteiger partial charge in [-0.05, 0) is 36.3 Å². The van der Waals surface area contributed by atoms with Crippen LogP contribution in [-0.2, 0) is 0 Å². The lowest BCUT2D eigenvalue weighted by Gasteiger charge is -2.21. The van der Waals surface area contributed by atoms with E-state index in [4.69, 9.17) is 5.73 Å². The monoisotopic (exact) mass is 175 g/mol. The summed E-state index contributed by atoms with van der Waals surface area (Å²) in [6.45, 7) is 7.50. The molecule has 2 N–H and O–H groups in total. The van der Waals surface area contributed by atoms with E-state index in [0.29, 0.717) is 5.41 Å². The molecule has 1 nitrogen and oxygen atoms in total. The number of nitrogens with two attached hydrogens (primary N) is 1. The summed E-state index contributed by atoms with van der Waals surface area (Å²) in [5, 5.41) is 0. The van der Waals surface area contributed by atoms with Gasteiger partial charge in [0.05, 0.1) is 0 Å². The van der Waals surface area contributed by atoms with Crippen molar-refractivity contribution < 1.29 is 0 Å². The third kappa shape index (κ3) is 6.70. The predicted octanol–water partition coefficient (Wildman–Crippen LogP) is 2.50. The Morgan fingerprint density at radius 2 is 2.00 bits per heavy atom. The Balaban J connectivity index is 3.23. The van der Waals surface area contributed by atoms with Crippen LogP contribution in [-0.4, -0.2) is 18.1 Å².